The van der Waals surface area contributed by atoms with E-state index in [4.69, 9.17) is 12.2 Å². The molecule has 6 heteroatoms. The lowest BCUT2D eigenvalue weighted by Gasteiger charge is -2.35. The predicted molar refractivity (Wildman–Crippen MR) is 72.0 cm³/mol. The minimum Gasteiger partial charge on any atom is -0.341 e. The summed E-state index contributed by atoms with van der Waals surface area (Å²) in [5.41, 5.74) is 0. The number of H-pyrrole nitrogens is 1. The average Bonchev–Trinajstić information content (AvgIpc) is 2.70. The number of aromatic nitrogens is 3. The standard InChI is InChI=1S/C11H21N5S/c1-4-16-10(12-13-11(16)17)15(3)9-5-7-14(2)8-6-9/h9H,4-8H2,1-3H3,(H,13,17). The molecule has 1 fully saturated rings. The maximum Gasteiger partial charge on any atom is 0.225 e. The predicted octanol–water partition coefficient (Wildman–Crippen LogP) is 1.49. The van der Waals surface area contributed by atoms with Crippen LogP contribution in [-0.4, -0.2) is 52.9 Å². The maximum absolute atomic E-state index is 5.22. The summed E-state index contributed by atoms with van der Waals surface area (Å²) in [6, 6.07) is 0.571. The van der Waals surface area contributed by atoms with Crippen LogP contribution in [0.15, 0.2) is 0 Å². The van der Waals surface area contributed by atoms with Crippen molar-refractivity contribution in [3.63, 3.8) is 0 Å². The number of nitrogens with one attached hydrogen (secondary N) is 1. The number of hydrogen-bond acceptors (Lipinski definition) is 4. The van der Waals surface area contributed by atoms with Gasteiger partial charge in [-0.1, -0.05) is 0 Å². The Hall–Kier alpha value is -0.880. The van der Waals surface area contributed by atoms with E-state index in [9.17, 15) is 0 Å². The Labute approximate surface area is 107 Å². The molecule has 0 bridgehead atoms. The van der Waals surface area contributed by atoms with Gasteiger partial charge in [0.05, 0.1) is 0 Å². The van der Waals surface area contributed by atoms with E-state index in [2.05, 4.69) is 41.0 Å². The molecular formula is C11H21N5S. The summed E-state index contributed by atoms with van der Waals surface area (Å²) < 4.78 is 2.76. The molecule has 0 amide bonds. The van der Waals surface area contributed by atoms with Gasteiger partial charge in [0, 0.05) is 19.6 Å². The van der Waals surface area contributed by atoms with Gasteiger partial charge in [-0.05, 0) is 52.1 Å². The minimum atomic E-state index is 0.571. The zero-order valence-corrected chi connectivity index (χ0v) is 11.6. The van der Waals surface area contributed by atoms with Gasteiger partial charge in [0.2, 0.25) is 5.95 Å². The highest BCUT2D eigenvalue weighted by Gasteiger charge is 2.23. The second-order valence-corrected chi connectivity index (χ2v) is 5.11. The van der Waals surface area contributed by atoms with Crippen molar-refractivity contribution in [2.45, 2.75) is 32.4 Å². The van der Waals surface area contributed by atoms with Crippen LogP contribution < -0.4 is 4.90 Å². The molecule has 0 aliphatic carbocycles. The highest BCUT2D eigenvalue weighted by molar-refractivity contribution is 7.71. The summed E-state index contributed by atoms with van der Waals surface area (Å²) in [5.74, 6) is 0.965. The van der Waals surface area contributed by atoms with Gasteiger partial charge in [0.25, 0.3) is 0 Å². The van der Waals surface area contributed by atoms with Crippen molar-refractivity contribution >= 4 is 18.2 Å². The number of rotatable bonds is 3. The molecule has 1 aromatic rings. The minimum absolute atomic E-state index is 0.571. The van der Waals surface area contributed by atoms with E-state index in [1.807, 2.05) is 4.57 Å². The summed E-state index contributed by atoms with van der Waals surface area (Å²) in [5, 5.41) is 7.22. The Morgan fingerprint density at radius 2 is 2.12 bits per heavy atom. The third-order valence-corrected chi connectivity index (χ3v) is 3.92. The first-order valence-electron chi connectivity index (χ1n) is 6.20. The van der Waals surface area contributed by atoms with Crippen molar-refractivity contribution in [2.24, 2.45) is 0 Å². The van der Waals surface area contributed by atoms with E-state index in [-0.39, 0.29) is 0 Å². The molecule has 17 heavy (non-hydrogen) atoms. The Bertz CT molecular complexity index is 416. The number of nitrogens with zero attached hydrogens (tertiary/aromatic N) is 4. The van der Waals surface area contributed by atoms with Crippen LogP contribution in [0.3, 0.4) is 0 Å². The van der Waals surface area contributed by atoms with E-state index in [1.165, 1.54) is 12.8 Å². The van der Waals surface area contributed by atoms with Crippen molar-refractivity contribution in [2.75, 3.05) is 32.1 Å². The van der Waals surface area contributed by atoms with E-state index in [1.54, 1.807) is 0 Å². The van der Waals surface area contributed by atoms with E-state index >= 15 is 0 Å². The van der Waals surface area contributed by atoms with Crippen LogP contribution >= 0.6 is 12.2 Å². The molecule has 0 unspecified atom stereocenters. The monoisotopic (exact) mass is 255 g/mol. The molecule has 1 N–H and O–H groups in total. The Morgan fingerprint density at radius 3 is 2.71 bits per heavy atom. The fraction of sp³-hybridized carbons (Fsp3) is 0.818. The summed E-state index contributed by atoms with van der Waals surface area (Å²) in [4.78, 5) is 4.64. The zero-order chi connectivity index (χ0) is 12.4. The number of hydrogen-bond donors (Lipinski definition) is 1. The first-order valence-corrected chi connectivity index (χ1v) is 6.61. The van der Waals surface area contributed by atoms with Crippen LogP contribution in [0.5, 0.6) is 0 Å². The molecule has 0 atom stereocenters. The Balaban J connectivity index is 2.13. The molecule has 2 rings (SSSR count). The van der Waals surface area contributed by atoms with E-state index in [0.29, 0.717) is 10.8 Å². The molecule has 0 spiro atoms. The Morgan fingerprint density at radius 1 is 1.47 bits per heavy atom. The second kappa shape index (κ2) is 5.18. The van der Waals surface area contributed by atoms with Crippen LogP contribution in [0.1, 0.15) is 19.8 Å². The summed E-state index contributed by atoms with van der Waals surface area (Å²) >= 11 is 5.22. The molecule has 96 valence electrons. The Kier molecular flexibility index (Phi) is 3.83. The molecule has 2 heterocycles. The molecule has 1 aromatic heterocycles. The summed E-state index contributed by atoms with van der Waals surface area (Å²) in [6.45, 7) is 5.28. The summed E-state index contributed by atoms with van der Waals surface area (Å²) in [7, 11) is 4.30. The quantitative estimate of drug-likeness (QED) is 0.831. The smallest absolute Gasteiger partial charge is 0.225 e. The normalized spacial score (nSPS) is 18.5. The van der Waals surface area contributed by atoms with Gasteiger partial charge in [-0.25, -0.2) is 5.10 Å². The van der Waals surface area contributed by atoms with Crippen molar-refractivity contribution < 1.29 is 0 Å². The summed E-state index contributed by atoms with van der Waals surface area (Å²) in [6.07, 6.45) is 2.38. The van der Waals surface area contributed by atoms with Crippen LogP contribution in [0.25, 0.3) is 0 Å². The largest absolute Gasteiger partial charge is 0.341 e. The van der Waals surface area contributed by atoms with E-state index in [0.717, 1.165) is 25.6 Å². The highest BCUT2D eigenvalue weighted by atomic mass is 32.1. The van der Waals surface area contributed by atoms with E-state index < -0.39 is 0 Å². The van der Waals surface area contributed by atoms with Gasteiger partial charge in [-0.2, -0.15) is 0 Å². The van der Waals surface area contributed by atoms with Crippen molar-refractivity contribution in [3.8, 4) is 0 Å². The SMILES string of the molecule is CCn1c(N(C)C2CCN(C)CC2)n[nH]c1=S. The number of piperidine rings is 1. The maximum atomic E-state index is 5.22. The third-order valence-electron chi connectivity index (χ3n) is 3.61. The van der Waals surface area contributed by atoms with Crippen LogP contribution in [-0.2, 0) is 6.54 Å². The van der Waals surface area contributed by atoms with Gasteiger partial charge in [-0.3, -0.25) is 4.57 Å². The molecule has 0 aromatic carbocycles. The van der Waals surface area contributed by atoms with Gasteiger partial charge in [0.15, 0.2) is 4.77 Å². The fourth-order valence-corrected chi connectivity index (χ4v) is 2.67. The van der Waals surface area contributed by atoms with Gasteiger partial charge in [0.1, 0.15) is 0 Å². The topological polar surface area (TPSA) is 40.1 Å². The first-order chi connectivity index (χ1) is 8.13. The highest BCUT2D eigenvalue weighted by Crippen LogP contribution is 2.19. The zero-order valence-electron chi connectivity index (χ0n) is 10.8. The number of aromatic amines is 1. The number of likely N-dealkylation sites (tertiary alicyclic amines) is 1. The molecule has 1 aliphatic rings. The van der Waals surface area contributed by atoms with Gasteiger partial charge < -0.3 is 9.80 Å². The average molecular weight is 255 g/mol. The van der Waals surface area contributed by atoms with Crippen LogP contribution in [0.4, 0.5) is 5.95 Å². The lowest BCUT2D eigenvalue weighted by Crippen LogP contribution is -2.42. The molecule has 0 saturated carbocycles. The third kappa shape index (κ3) is 2.52. The van der Waals surface area contributed by atoms with Crippen molar-refractivity contribution in [3.05, 3.63) is 4.77 Å². The second-order valence-electron chi connectivity index (χ2n) is 4.72. The van der Waals surface area contributed by atoms with Gasteiger partial charge in [-0.15, -0.1) is 5.10 Å². The lowest BCUT2D eigenvalue weighted by molar-refractivity contribution is 0.251. The molecule has 5 nitrogen and oxygen atoms in total. The molecule has 1 saturated heterocycles. The first kappa shape index (κ1) is 12.6. The number of anilines is 1. The lowest BCUT2D eigenvalue weighted by atomic mass is 10.0. The van der Waals surface area contributed by atoms with Crippen LogP contribution in [0, 0.1) is 4.77 Å². The van der Waals surface area contributed by atoms with Crippen LogP contribution in [0.2, 0.25) is 0 Å². The van der Waals surface area contributed by atoms with Crippen molar-refractivity contribution in [1.82, 2.24) is 19.7 Å². The molecular weight excluding hydrogens is 234 g/mol. The van der Waals surface area contributed by atoms with Crippen molar-refractivity contribution in [1.29, 1.82) is 0 Å². The molecule has 0 radical (unpaired) electrons. The fourth-order valence-electron chi connectivity index (χ4n) is 2.41. The van der Waals surface area contributed by atoms with Gasteiger partial charge >= 0.3 is 0 Å². The molecule has 1 aliphatic heterocycles.